The number of nitrogen functional groups attached to an aromatic ring is 1. The number of anilines is 1. The van der Waals surface area contributed by atoms with E-state index < -0.39 is 61.9 Å². The summed E-state index contributed by atoms with van der Waals surface area (Å²) in [6, 6.07) is 14.5. The quantitative estimate of drug-likeness (QED) is 0.00977. The number of likely N-dealkylation sites (tertiary alicyclic amines) is 1. The number of piperidine rings is 1. The van der Waals surface area contributed by atoms with Crippen LogP contribution in [0.5, 0.6) is 0 Å². The fourth-order valence-corrected chi connectivity index (χ4v) is 9.39. The summed E-state index contributed by atoms with van der Waals surface area (Å²) in [6.45, 7) is 8.99. The summed E-state index contributed by atoms with van der Waals surface area (Å²) in [5, 5.41) is 74.9. The van der Waals surface area contributed by atoms with Crippen LogP contribution in [-0.2, 0) is 31.8 Å². The molecule has 0 unspecified atom stereocenters. The van der Waals surface area contributed by atoms with E-state index in [0.29, 0.717) is 11.3 Å². The number of carbonyl (C=O) groups is 9. The summed E-state index contributed by atoms with van der Waals surface area (Å²) in [5.74, 6) is -5.13. The number of hydrogen-bond acceptors (Lipinski definition) is 26. The molecule has 44 heteroatoms. The van der Waals surface area contributed by atoms with E-state index in [0.717, 1.165) is 45.4 Å². The van der Waals surface area contributed by atoms with Crippen molar-refractivity contribution in [3.8, 4) is 0 Å². The predicted molar refractivity (Wildman–Crippen MR) is 364 cm³/mol. The number of amides is 1. The van der Waals surface area contributed by atoms with Gasteiger partial charge in [0.1, 0.15) is 29.4 Å². The van der Waals surface area contributed by atoms with Gasteiger partial charge in [-0.05, 0) is 88.5 Å². The van der Waals surface area contributed by atoms with E-state index in [2.05, 4.69) is 60.1 Å². The second-order valence-corrected chi connectivity index (χ2v) is 22.8. The summed E-state index contributed by atoms with van der Waals surface area (Å²) >= 11 is 40.3. The van der Waals surface area contributed by atoms with Gasteiger partial charge in [-0.15, -0.1) is 0 Å². The standard InChI is InChI=1S/C13H10Cl2N2O3.C12H8Cl2N2O3.C10H20N2O2.C7H3Cl3O.C5H5N3O4.C5H7N3O2.C4H3N3O4.C2H6O.Na.H2O/c1-20-13(19)12-7(6-16-17-12)5-10(18)11-8(14)3-2-4-9(11)15;13-7-2-1-3-8(14)10(7)9(17)4-6-5-15-16-11(6)12(18)19;1-10(2,3)14-9(13)12-6-4-8(11)5-7-12;8-4-2-1-3-5(9)6(4)7(10)11;1-12-5(9)4-3(8(10)11)2-6-7-4;1-10-5(9)4-3(6)2-7-8-4;8-4(9)3-2(7(10)11)1-5-6-3;1-2-3;;/h2-4,6H,5H2,1H3,(H,16,17);1-3,5H,4H2,(H,15,16)(H,18,19);8H,4-7,11H2,1-3H3;1-3H;2H,1H3,(H,6,7);2H,6H2,1H3,(H,7,8);1H,(H,5,6)(H,8,9);3H,2H2,1H3;;1H2/q;;;;;;;;+1;/p-1. The second kappa shape index (κ2) is 46.4. The van der Waals surface area contributed by atoms with Crippen molar-refractivity contribution in [2.24, 2.45) is 5.73 Å². The molecule has 0 bridgehead atoms. The van der Waals surface area contributed by atoms with Crippen LogP contribution in [0, 0.1) is 20.2 Å². The van der Waals surface area contributed by atoms with Gasteiger partial charge >= 0.3 is 76.9 Å². The van der Waals surface area contributed by atoms with Gasteiger partial charge in [-0.3, -0.25) is 60.1 Å². The van der Waals surface area contributed by atoms with Gasteiger partial charge in [0.25, 0.3) is 5.24 Å². The average Bonchev–Trinajstić information content (AvgIpc) is 1.20. The van der Waals surface area contributed by atoms with E-state index in [1.165, 1.54) is 32.8 Å². The second-order valence-electron chi connectivity index (χ2n) is 20.0. The van der Waals surface area contributed by atoms with Crippen LogP contribution in [0.4, 0.5) is 21.9 Å². The summed E-state index contributed by atoms with van der Waals surface area (Å²) in [4.78, 5) is 121. The maximum atomic E-state index is 12.3. The van der Waals surface area contributed by atoms with Crippen molar-refractivity contribution < 1.29 is 122 Å². The zero-order valence-electron chi connectivity index (χ0n) is 54.7. The van der Waals surface area contributed by atoms with Crippen molar-refractivity contribution in [3.63, 3.8) is 0 Å². The predicted octanol–water partition coefficient (Wildman–Crippen LogP) is 7.21. The summed E-state index contributed by atoms with van der Waals surface area (Å²) in [5.41, 5.74) is 10.8. The minimum Gasteiger partial charge on any atom is -0.870 e. The molecule has 102 heavy (non-hydrogen) atoms. The molecular weight excluding hydrogens is 1510 g/mol. The molecule has 0 aliphatic carbocycles. The van der Waals surface area contributed by atoms with E-state index in [4.69, 9.17) is 113 Å². The van der Waals surface area contributed by atoms with Gasteiger partial charge < -0.3 is 56.1 Å². The molecule has 6 heterocycles. The number of benzene rings is 3. The van der Waals surface area contributed by atoms with Gasteiger partial charge in [0.05, 0.1) is 102 Å². The SMILES string of the molecule is CC(C)(C)OC(=O)N1CCC(N)CC1.CCO.COC(=O)c1[nH]ncc1CC(=O)c1c(Cl)cccc1Cl.COC(=O)c1[nH]ncc1N.COC(=O)c1[nH]ncc1[N+](=O)[O-].O=C(Cl)c1c(Cl)cccc1Cl.O=C(O)c1[nH]ncc1CC(=O)c1c(Cl)cccc1Cl.O=C(O)c1[nH]ncc1[N+](=O)[O-].[Na+].[OH-]. The number of nitrogens with zero attached hydrogens (tertiary/aromatic N) is 8. The number of carboxylic acids is 2. The Morgan fingerprint density at radius 2 is 0.882 bits per heavy atom. The zero-order chi connectivity index (χ0) is 75.7. The number of ketones is 2. The van der Waals surface area contributed by atoms with Gasteiger partial charge in [0.2, 0.25) is 11.4 Å². The number of aromatic carboxylic acids is 2. The Kier molecular flexibility index (Phi) is 42.2. The molecule has 546 valence electrons. The number of aliphatic hydroxyl groups excluding tert-OH is 1. The number of methoxy groups -OCH3 is 3. The average molecular weight is 1580 g/mol. The molecule has 1 fully saturated rings. The van der Waals surface area contributed by atoms with Gasteiger partial charge in [-0.1, -0.05) is 87.8 Å². The van der Waals surface area contributed by atoms with Crippen LogP contribution in [0.25, 0.3) is 0 Å². The number of nitro groups is 2. The van der Waals surface area contributed by atoms with Crippen molar-refractivity contribution in [1.82, 2.24) is 55.9 Å². The van der Waals surface area contributed by atoms with Crippen LogP contribution >= 0.6 is 81.2 Å². The van der Waals surface area contributed by atoms with Crippen LogP contribution in [0.15, 0.2) is 85.6 Å². The number of aromatic amines is 5. The molecule has 13 N–H and O–H groups in total. The number of aromatic nitrogens is 10. The smallest absolute Gasteiger partial charge is 0.870 e. The fourth-order valence-electron chi connectivity index (χ4n) is 7.31. The van der Waals surface area contributed by atoms with Gasteiger partial charge in [0, 0.05) is 49.7 Å². The van der Waals surface area contributed by atoms with Crippen molar-refractivity contribution in [2.45, 2.75) is 65.0 Å². The normalized spacial score (nSPS) is 10.9. The van der Waals surface area contributed by atoms with Gasteiger partial charge in [-0.25, -0.2) is 28.8 Å². The van der Waals surface area contributed by atoms with Gasteiger partial charge in [-0.2, -0.15) is 25.5 Å². The number of hydrogen-bond donors (Lipinski definition) is 10. The number of carboxylic acid groups (broad SMARTS) is 2. The molecule has 9 rings (SSSR count). The van der Waals surface area contributed by atoms with E-state index in [9.17, 15) is 63.4 Å². The maximum Gasteiger partial charge on any atom is 1.00 e. The number of ether oxygens (including phenoxy) is 4. The van der Waals surface area contributed by atoms with Crippen LogP contribution in [0.3, 0.4) is 0 Å². The minimum absolute atomic E-state index is 0. The number of esters is 3. The number of halogens is 7. The van der Waals surface area contributed by atoms with Crippen LogP contribution < -0.4 is 41.0 Å². The van der Waals surface area contributed by atoms with E-state index in [1.807, 2.05) is 25.9 Å². The molecule has 1 saturated heterocycles. The summed E-state index contributed by atoms with van der Waals surface area (Å²) < 4.78 is 18.5. The first-order valence-electron chi connectivity index (χ1n) is 27.8. The minimum atomic E-state index is -1.39. The van der Waals surface area contributed by atoms with Crippen molar-refractivity contribution in [1.29, 1.82) is 0 Å². The molecular formula is C58H63Cl7N15NaO21. The molecule has 3 aromatic carbocycles. The van der Waals surface area contributed by atoms with Gasteiger partial charge in [0.15, 0.2) is 17.3 Å². The van der Waals surface area contributed by atoms with E-state index in [-0.39, 0.29) is 159 Å². The van der Waals surface area contributed by atoms with E-state index >= 15 is 0 Å². The molecule has 1 aliphatic heterocycles. The van der Waals surface area contributed by atoms with E-state index in [1.54, 1.807) is 66.4 Å². The molecule has 0 saturated carbocycles. The number of H-pyrrole nitrogens is 5. The molecule has 1 amide bonds. The first kappa shape index (κ1) is 92.8. The zero-order valence-corrected chi connectivity index (χ0v) is 62.0. The molecule has 0 atom stereocenters. The molecule has 36 nitrogen and oxygen atoms in total. The van der Waals surface area contributed by atoms with Crippen LogP contribution in [0.2, 0.25) is 30.1 Å². The molecule has 8 aromatic rings. The Balaban J connectivity index is 0.00000117. The third kappa shape index (κ3) is 30.2. The molecule has 0 spiro atoms. The Morgan fingerprint density at radius 1 is 0.569 bits per heavy atom. The number of nitrogens with one attached hydrogen (secondary N) is 5. The third-order valence-electron chi connectivity index (χ3n) is 11.9. The number of rotatable bonds is 14. The van der Waals surface area contributed by atoms with Crippen molar-refractivity contribution in [2.75, 3.05) is 46.8 Å². The molecule has 0 radical (unpaired) electrons. The number of carbonyl (C=O) groups excluding carboxylic acids is 7. The Labute approximate surface area is 634 Å². The fraction of sp³-hybridized carbons (Fsp3) is 0.276. The Bertz CT molecular complexity index is 4050. The summed E-state index contributed by atoms with van der Waals surface area (Å²) in [7, 11) is 3.66. The van der Waals surface area contributed by atoms with Crippen LogP contribution in [-0.4, -0.2) is 192 Å². The molecule has 1 aliphatic rings. The monoisotopic (exact) mass is 1570 g/mol. The Hall–Kier alpha value is -9.15. The topological polar surface area (TPSA) is 566 Å². The first-order chi connectivity index (χ1) is 47.0. The molecule has 5 aromatic heterocycles. The first-order valence-corrected chi connectivity index (χ1v) is 30.5. The maximum absolute atomic E-state index is 12.3. The number of Topliss-reactive ketones (excluding diaryl/α,β-unsaturated/α-hetero) is 2. The third-order valence-corrected chi connectivity index (χ3v) is 13.9. The summed E-state index contributed by atoms with van der Waals surface area (Å²) in [6.07, 6.45) is 7.19. The number of aliphatic hydroxyl groups is 1. The number of nitrogens with two attached hydrogens (primary N) is 2. The van der Waals surface area contributed by atoms with Crippen LogP contribution in [0.1, 0.15) is 135 Å². The largest absolute Gasteiger partial charge is 1.00 e. The van der Waals surface area contributed by atoms with Crippen molar-refractivity contribution in [3.05, 3.63) is 192 Å². The Morgan fingerprint density at radius 3 is 1.22 bits per heavy atom. The van der Waals surface area contributed by atoms with Crippen molar-refractivity contribution >= 4 is 151 Å².